The molecule has 1 N–H and O–H groups in total. The minimum atomic E-state index is -3.67. The molecule has 4 rings (SSSR count). The van der Waals surface area contributed by atoms with Crippen LogP contribution in [-0.2, 0) is 10.0 Å². The van der Waals surface area contributed by atoms with Gasteiger partial charge in [-0.1, -0.05) is 30.2 Å². The second kappa shape index (κ2) is 8.16. The number of aryl methyl sites for hydroxylation is 2. The van der Waals surface area contributed by atoms with Crippen LogP contribution in [0.5, 0.6) is 0 Å². The number of carbonyl (C=O) groups excluding carboxylic acids is 1. The highest BCUT2D eigenvalue weighted by Gasteiger charge is 2.28. The van der Waals surface area contributed by atoms with Gasteiger partial charge in [0, 0.05) is 18.5 Å². The van der Waals surface area contributed by atoms with Crippen LogP contribution in [0, 0.1) is 13.8 Å². The summed E-state index contributed by atoms with van der Waals surface area (Å²) in [5.74, 6) is -0.371. The zero-order valence-corrected chi connectivity index (χ0v) is 18.0. The van der Waals surface area contributed by atoms with Gasteiger partial charge in [-0.25, -0.2) is 8.42 Å². The monoisotopic (exact) mass is 423 g/mol. The summed E-state index contributed by atoms with van der Waals surface area (Å²) in [6, 6.07) is 14.3. The Hall–Kier alpha value is -2.77. The van der Waals surface area contributed by atoms with Gasteiger partial charge in [-0.2, -0.15) is 4.31 Å². The third kappa shape index (κ3) is 3.95. The summed E-state index contributed by atoms with van der Waals surface area (Å²) in [6.07, 6.45) is 2.75. The van der Waals surface area contributed by atoms with E-state index in [1.807, 2.05) is 31.2 Å². The molecule has 1 aliphatic heterocycles. The number of nitrogens with one attached hydrogen (secondary N) is 1. The van der Waals surface area contributed by atoms with Crippen molar-refractivity contribution >= 4 is 32.5 Å². The Kier molecular flexibility index (Phi) is 5.58. The van der Waals surface area contributed by atoms with Gasteiger partial charge in [0.05, 0.1) is 22.5 Å². The van der Waals surface area contributed by atoms with Gasteiger partial charge in [-0.15, -0.1) is 0 Å². The Balaban J connectivity index is 1.68. The van der Waals surface area contributed by atoms with Crippen molar-refractivity contribution < 1.29 is 13.2 Å². The van der Waals surface area contributed by atoms with Crippen LogP contribution in [-0.4, -0.2) is 36.7 Å². The molecule has 1 aromatic heterocycles. The molecule has 6 nitrogen and oxygen atoms in total. The fourth-order valence-corrected chi connectivity index (χ4v) is 5.52. The number of hydrogen-bond donors (Lipinski definition) is 1. The molecular weight excluding hydrogens is 398 g/mol. The van der Waals surface area contributed by atoms with Crippen LogP contribution < -0.4 is 5.32 Å². The van der Waals surface area contributed by atoms with Gasteiger partial charge in [0.2, 0.25) is 10.0 Å². The van der Waals surface area contributed by atoms with Crippen molar-refractivity contribution in [3.8, 4) is 0 Å². The molecule has 2 aromatic carbocycles. The highest BCUT2D eigenvalue weighted by atomic mass is 32.2. The van der Waals surface area contributed by atoms with E-state index in [9.17, 15) is 13.2 Å². The van der Waals surface area contributed by atoms with E-state index in [-0.39, 0.29) is 16.5 Å². The van der Waals surface area contributed by atoms with Crippen LogP contribution in [0.15, 0.2) is 53.4 Å². The summed E-state index contributed by atoms with van der Waals surface area (Å²) in [7, 11) is -3.67. The van der Waals surface area contributed by atoms with Crippen LogP contribution in [0.3, 0.4) is 0 Å². The first kappa shape index (κ1) is 20.5. The van der Waals surface area contributed by atoms with Crippen LogP contribution in [0.4, 0.5) is 5.69 Å². The van der Waals surface area contributed by atoms with Crippen LogP contribution >= 0.6 is 0 Å². The second-order valence-corrected chi connectivity index (χ2v) is 9.64. The van der Waals surface area contributed by atoms with Crippen LogP contribution in [0.1, 0.15) is 40.9 Å². The molecule has 0 aliphatic carbocycles. The second-order valence-electron chi connectivity index (χ2n) is 7.73. The van der Waals surface area contributed by atoms with Crippen molar-refractivity contribution in [2.75, 3.05) is 18.4 Å². The molecule has 0 bridgehead atoms. The number of rotatable bonds is 4. The van der Waals surface area contributed by atoms with E-state index in [1.165, 1.54) is 4.31 Å². The fourth-order valence-electron chi connectivity index (χ4n) is 3.85. The van der Waals surface area contributed by atoms with E-state index in [1.54, 1.807) is 31.2 Å². The number of sulfonamides is 1. The molecule has 0 atom stereocenters. The minimum absolute atomic E-state index is 0.127. The molecular formula is C23H25N3O3S. The molecule has 7 heteroatoms. The molecule has 0 radical (unpaired) electrons. The number of pyridine rings is 1. The zero-order valence-electron chi connectivity index (χ0n) is 17.2. The van der Waals surface area contributed by atoms with Crippen molar-refractivity contribution in [1.29, 1.82) is 0 Å². The molecule has 1 saturated heterocycles. The average Bonchev–Trinajstić information content (AvgIpc) is 2.74. The lowest BCUT2D eigenvalue weighted by atomic mass is 10.1. The number of benzene rings is 2. The maximum absolute atomic E-state index is 13.2. The van der Waals surface area contributed by atoms with Crippen molar-refractivity contribution in [2.24, 2.45) is 0 Å². The number of aromatic nitrogens is 1. The number of anilines is 1. The summed E-state index contributed by atoms with van der Waals surface area (Å²) in [5.41, 5.74) is 3.22. The van der Waals surface area contributed by atoms with Crippen molar-refractivity contribution in [3.63, 3.8) is 0 Å². The van der Waals surface area contributed by atoms with Gasteiger partial charge in [0.1, 0.15) is 4.90 Å². The molecule has 156 valence electrons. The summed E-state index contributed by atoms with van der Waals surface area (Å²) >= 11 is 0. The van der Waals surface area contributed by atoms with Crippen molar-refractivity contribution in [2.45, 2.75) is 38.0 Å². The number of para-hydroxylation sites is 1. The molecule has 30 heavy (non-hydrogen) atoms. The first-order chi connectivity index (χ1) is 14.4. The number of amides is 1. The fraction of sp³-hybridized carbons (Fsp3) is 0.304. The normalized spacial score (nSPS) is 15.3. The predicted octanol–water partition coefficient (Wildman–Crippen LogP) is 4.28. The lowest BCUT2D eigenvalue weighted by molar-refractivity contribution is 0.102. The molecule has 1 aliphatic rings. The van der Waals surface area contributed by atoms with Crippen LogP contribution in [0.2, 0.25) is 0 Å². The number of fused-ring (bicyclic) bond motifs is 1. The third-order valence-corrected chi connectivity index (χ3v) is 7.43. The summed E-state index contributed by atoms with van der Waals surface area (Å²) < 4.78 is 27.8. The van der Waals surface area contributed by atoms with Gasteiger partial charge in [0.15, 0.2) is 0 Å². The van der Waals surface area contributed by atoms with E-state index in [2.05, 4.69) is 10.3 Å². The number of nitrogens with zero attached hydrogens (tertiary/aromatic N) is 2. The van der Waals surface area contributed by atoms with E-state index < -0.39 is 10.0 Å². The van der Waals surface area contributed by atoms with E-state index in [0.29, 0.717) is 24.3 Å². The predicted molar refractivity (Wildman–Crippen MR) is 118 cm³/mol. The summed E-state index contributed by atoms with van der Waals surface area (Å²) in [5, 5.41) is 3.68. The Bertz CT molecular complexity index is 1220. The molecule has 1 fully saturated rings. The van der Waals surface area contributed by atoms with Crippen LogP contribution in [0.25, 0.3) is 10.9 Å². The highest BCUT2D eigenvalue weighted by Crippen LogP contribution is 2.28. The first-order valence-electron chi connectivity index (χ1n) is 10.1. The van der Waals surface area contributed by atoms with Gasteiger partial charge < -0.3 is 5.32 Å². The Morgan fingerprint density at radius 3 is 2.50 bits per heavy atom. The Morgan fingerprint density at radius 1 is 1.00 bits per heavy atom. The molecule has 3 aromatic rings. The zero-order chi connectivity index (χ0) is 21.3. The molecule has 0 spiro atoms. The largest absolute Gasteiger partial charge is 0.321 e. The van der Waals surface area contributed by atoms with Crippen molar-refractivity contribution in [3.05, 3.63) is 65.4 Å². The maximum Gasteiger partial charge on any atom is 0.257 e. The Morgan fingerprint density at radius 2 is 1.73 bits per heavy atom. The first-order valence-corrected chi connectivity index (χ1v) is 11.6. The lowest BCUT2D eigenvalue weighted by Crippen LogP contribution is -2.36. The molecule has 0 saturated carbocycles. The van der Waals surface area contributed by atoms with E-state index >= 15 is 0 Å². The number of hydrogen-bond acceptors (Lipinski definition) is 4. The molecule has 0 unspecified atom stereocenters. The quantitative estimate of drug-likeness (QED) is 0.679. The topological polar surface area (TPSA) is 79.4 Å². The standard InChI is InChI=1S/C23H25N3O3S/c1-16-10-11-20-18(14-16)15-19(17(2)24-20)23(27)25-21-8-4-5-9-22(21)30(28,29)26-12-6-3-7-13-26/h4-5,8-11,14-15H,3,6-7,12-13H2,1-2H3,(H,25,27). The third-order valence-electron chi connectivity index (χ3n) is 5.47. The number of carbonyl (C=O) groups is 1. The number of piperidine rings is 1. The van der Waals surface area contributed by atoms with Crippen molar-refractivity contribution in [1.82, 2.24) is 9.29 Å². The molecule has 1 amide bonds. The van der Waals surface area contributed by atoms with Gasteiger partial charge >= 0.3 is 0 Å². The maximum atomic E-state index is 13.2. The summed E-state index contributed by atoms with van der Waals surface area (Å²) in [4.78, 5) is 17.7. The lowest BCUT2D eigenvalue weighted by Gasteiger charge is -2.26. The summed E-state index contributed by atoms with van der Waals surface area (Å²) in [6.45, 7) is 4.79. The van der Waals surface area contributed by atoms with E-state index in [4.69, 9.17) is 0 Å². The smallest absolute Gasteiger partial charge is 0.257 e. The SMILES string of the molecule is Cc1ccc2nc(C)c(C(=O)Nc3ccccc3S(=O)(=O)N3CCCCC3)cc2c1. The van der Waals surface area contributed by atoms with Gasteiger partial charge in [-0.05, 0) is 57.0 Å². The average molecular weight is 424 g/mol. The van der Waals surface area contributed by atoms with E-state index in [0.717, 1.165) is 35.7 Å². The molecule has 2 heterocycles. The van der Waals surface area contributed by atoms with Gasteiger partial charge in [0.25, 0.3) is 5.91 Å². The minimum Gasteiger partial charge on any atom is -0.321 e. The highest BCUT2D eigenvalue weighted by molar-refractivity contribution is 7.89. The Labute approximate surface area is 177 Å². The van der Waals surface area contributed by atoms with Gasteiger partial charge in [-0.3, -0.25) is 9.78 Å².